The van der Waals surface area contributed by atoms with Crippen LogP contribution in [0.2, 0.25) is 0 Å². The van der Waals surface area contributed by atoms with Crippen LogP contribution in [0.25, 0.3) is 0 Å². The Labute approximate surface area is 111 Å². The van der Waals surface area contributed by atoms with Gasteiger partial charge in [0.1, 0.15) is 0 Å². The highest BCUT2D eigenvalue weighted by molar-refractivity contribution is 5.01. The zero-order chi connectivity index (χ0) is 12.2. The zero-order valence-electron chi connectivity index (χ0n) is 11.4. The largest absolute Gasteiger partial charge is 0.381 e. The predicted molar refractivity (Wildman–Crippen MR) is 72.1 cm³/mol. The molecule has 0 unspecified atom stereocenters. The maximum atomic E-state index is 6.66. The number of nitrogens with two attached hydrogens (primary N) is 1. The molecule has 0 amide bonds. The van der Waals surface area contributed by atoms with E-state index in [-0.39, 0.29) is 5.54 Å². The second kappa shape index (κ2) is 4.21. The first-order valence-corrected chi connectivity index (χ1v) is 8.08. The van der Waals surface area contributed by atoms with Crippen LogP contribution in [0.1, 0.15) is 51.4 Å². The third-order valence-electron chi connectivity index (χ3n) is 6.55. The third kappa shape index (κ3) is 1.92. The molecule has 0 aromatic carbocycles. The first-order chi connectivity index (χ1) is 8.72. The van der Waals surface area contributed by atoms with E-state index in [1.165, 1.54) is 32.1 Å². The lowest BCUT2D eigenvalue weighted by Gasteiger charge is -2.56. The molecule has 0 atom stereocenters. The van der Waals surface area contributed by atoms with Crippen molar-refractivity contribution in [2.75, 3.05) is 13.2 Å². The van der Waals surface area contributed by atoms with E-state index in [4.69, 9.17) is 10.5 Å². The van der Waals surface area contributed by atoms with Crippen molar-refractivity contribution < 1.29 is 4.74 Å². The fraction of sp³-hybridized carbons (Fsp3) is 1.00. The number of hydrogen-bond donors (Lipinski definition) is 1. The van der Waals surface area contributed by atoms with Crippen LogP contribution in [0, 0.1) is 29.6 Å². The summed E-state index contributed by atoms with van der Waals surface area (Å²) in [4.78, 5) is 0. The lowest BCUT2D eigenvalue weighted by atomic mass is 9.50. The quantitative estimate of drug-likeness (QED) is 0.816. The topological polar surface area (TPSA) is 35.2 Å². The van der Waals surface area contributed by atoms with Crippen LogP contribution in [0.5, 0.6) is 0 Å². The van der Waals surface area contributed by atoms with Gasteiger partial charge in [0.05, 0.1) is 0 Å². The summed E-state index contributed by atoms with van der Waals surface area (Å²) in [6.45, 7) is 1.79. The van der Waals surface area contributed by atoms with Gasteiger partial charge in [-0.05, 0) is 81.0 Å². The Morgan fingerprint density at radius 2 is 1.44 bits per heavy atom. The summed E-state index contributed by atoms with van der Waals surface area (Å²) in [5, 5.41) is 0. The molecule has 0 spiro atoms. The van der Waals surface area contributed by atoms with E-state index in [0.717, 1.165) is 55.6 Å². The molecule has 1 heterocycles. The molecule has 0 aromatic heterocycles. The summed E-state index contributed by atoms with van der Waals surface area (Å²) in [5.74, 6) is 5.20. The van der Waals surface area contributed by atoms with Crippen LogP contribution in [0.3, 0.4) is 0 Å². The maximum absolute atomic E-state index is 6.66. The molecule has 0 aromatic rings. The number of ether oxygens (including phenoxy) is 1. The van der Waals surface area contributed by atoms with Crippen LogP contribution >= 0.6 is 0 Å². The highest BCUT2D eigenvalue weighted by Gasteiger charge is 2.49. The van der Waals surface area contributed by atoms with Gasteiger partial charge in [0.2, 0.25) is 0 Å². The van der Waals surface area contributed by atoms with Crippen molar-refractivity contribution in [3.05, 3.63) is 0 Å². The first-order valence-electron chi connectivity index (χ1n) is 8.08. The van der Waals surface area contributed by atoms with Gasteiger partial charge in [-0.2, -0.15) is 0 Å². The fourth-order valence-electron chi connectivity index (χ4n) is 5.82. The summed E-state index contributed by atoms with van der Waals surface area (Å²) in [7, 11) is 0. The molecule has 102 valence electrons. The van der Waals surface area contributed by atoms with Crippen molar-refractivity contribution in [2.24, 2.45) is 35.3 Å². The number of hydrogen-bond acceptors (Lipinski definition) is 2. The van der Waals surface area contributed by atoms with Crippen LogP contribution in [0.4, 0.5) is 0 Å². The average Bonchev–Trinajstić information content (AvgIpc) is 2.34. The molecule has 1 saturated heterocycles. The minimum atomic E-state index is 0.109. The normalized spacial score (nSPS) is 49.5. The van der Waals surface area contributed by atoms with Crippen LogP contribution in [-0.2, 0) is 4.74 Å². The molecule has 1 aliphatic heterocycles. The van der Waals surface area contributed by atoms with E-state index >= 15 is 0 Å². The Morgan fingerprint density at radius 1 is 0.889 bits per heavy atom. The average molecular weight is 249 g/mol. The van der Waals surface area contributed by atoms with Gasteiger partial charge in [-0.15, -0.1) is 0 Å². The van der Waals surface area contributed by atoms with Crippen molar-refractivity contribution in [1.29, 1.82) is 0 Å². The Bertz CT molecular complexity index is 293. The smallest absolute Gasteiger partial charge is 0.0483 e. The maximum Gasteiger partial charge on any atom is 0.0483 e. The van der Waals surface area contributed by atoms with Crippen molar-refractivity contribution in [2.45, 2.75) is 56.9 Å². The van der Waals surface area contributed by atoms with Gasteiger partial charge in [-0.25, -0.2) is 0 Å². The minimum Gasteiger partial charge on any atom is -0.381 e. The van der Waals surface area contributed by atoms with E-state index in [1.54, 1.807) is 6.42 Å². The van der Waals surface area contributed by atoms with Crippen molar-refractivity contribution in [1.82, 2.24) is 0 Å². The molecule has 4 saturated carbocycles. The molecule has 18 heavy (non-hydrogen) atoms. The monoisotopic (exact) mass is 249 g/mol. The molecule has 2 nitrogen and oxygen atoms in total. The second-order valence-electron chi connectivity index (χ2n) is 7.77. The van der Waals surface area contributed by atoms with Gasteiger partial charge in [0, 0.05) is 18.8 Å². The fourth-order valence-corrected chi connectivity index (χ4v) is 5.82. The van der Waals surface area contributed by atoms with E-state index < -0.39 is 0 Å². The van der Waals surface area contributed by atoms with Crippen LogP contribution in [0.15, 0.2) is 0 Å². The summed E-state index contributed by atoms with van der Waals surface area (Å²) in [6, 6.07) is 0. The molecular formula is C16H27NO. The first kappa shape index (κ1) is 11.7. The number of rotatable bonds is 2. The van der Waals surface area contributed by atoms with Crippen LogP contribution < -0.4 is 5.73 Å². The molecule has 2 heteroatoms. The molecule has 2 N–H and O–H groups in total. The Kier molecular flexibility index (Phi) is 2.74. The highest BCUT2D eigenvalue weighted by atomic mass is 16.5. The highest BCUT2D eigenvalue weighted by Crippen LogP contribution is 2.58. The predicted octanol–water partition coefficient (Wildman–Crippen LogP) is 2.96. The summed E-state index contributed by atoms with van der Waals surface area (Å²) >= 11 is 0. The second-order valence-corrected chi connectivity index (χ2v) is 7.77. The van der Waals surface area contributed by atoms with Gasteiger partial charge < -0.3 is 10.5 Å². The van der Waals surface area contributed by atoms with E-state index in [1.807, 2.05) is 0 Å². The molecular weight excluding hydrogens is 222 g/mol. The van der Waals surface area contributed by atoms with Gasteiger partial charge >= 0.3 is 0 Å². The van der Waals surface area contributed by atoms with Crippen molar-refractivity contribution in [3.63, 3.8) is 0 Å². The van der Waals surface area contributed by atoms with Gasteiger partial charge in [0.15, 0.2) is 0 Å². The third-order valence-corrected chi connectivity index (χ3v) is 6.55. The Morgan fingerprint density at radius 3 is 2.00 bits per heavy atom. The van der Waals surface area contributed by atoms with Gasteiger partial charge in [-0.1, -0.05) is 0 Å². The van der Waals surface area contributed by atoms with E-state index in [2.05, 4.69) is 0 Å². The Hall–Kier alpha value is -0.0800. The van der Waals surface area contributed by atoms with E-state index in [9.17, 15) is 0 Å². The Balaban J connectivity index is 1.48. The molecule has 0 radical (unpaired) electrons. The molecule has 5 rings (SSSR count). The standard InChI is InChI=1S/C16H27NO/c17-16(1-3-18-4-2-16)10-15-13-6-11-5-12(8-13)9-14(15)7-11/h11-15H,1-10,17H2. The lowest BCUT2D eigenvalue weighted by molar-refractivity contribution is -0.0573. The van der Waals surface area contributed by atoms with Gasteiger partial charge in [-0.3, -0.25) is 0 Å². The molecule has 4 bridgehead atoms. The summed E-state index contributed by atoms with van der Waals surface area (Å²) < 4.78 is 5.49. The van der Waals surface area contributed by atoms with Crippen LogP contribution in [-0.4, -0.2) is 18.8 Å². The van der Waals surface area contributed by atoms with Crippen molar-refractivity contribution >= 4 is 0 Å². The van der Waals surface area contributed by atoms with E-state index in [0.29, 0.717) is 0 Å². The molecule has 5 aliphatic rings. The van der Waals surface area contributed by atoms with Gasteiger partial charge in [0.25, 0.3) is 0 Å². The minimum absolute atomic E-state index is 0.109. The van der Waals surface area contributed by atoms with Crippen molar-refractivity contribution in [3.8, 4) is 0 Å². The lowest BCUT2D eigenvalue weighted by Crippen LogP contribution is -2.52. The summed E-state index contributed by atoms with van der Waals surface area (Å²) in [6.07, 6.45) is 11.2. The molecule has 5 fully saturated rings. The zero-order valence-corrected chi connectivity index (χ0v) is 11.4. The summed E-state index contributed by atoms with van der Waals surface area (Å²) in [5.41, 5.74) is 6.77. The SMILES string of the molecule is NC1(CC2C3CC4CC(C3)CC2C4)CCOCC1. The molecule has 4 aliphatic carbocycles.